The monoisotopic (exact) mass is 164 g/mol. The molecule has 0 aromatic carbocycles. The highest BCUT2D eigenvalue weighted by atomic mass is 14.4. The molecule has 0 saturated heterocycles. The molecule has 12 heavy (non-hydrogen) atoms. The van der Waals surface area contributed by atoms with Gasteiger partial charge < -0.3 is 0 Å². The van der Waals surface area contributed by atoms with Crippen LogP contribution in [-0.4, -0.2) is 0 Å². The third kappa shape index (κ3) is 1.22. The SMILES string of the molecule is C[C@@H]1CCC[C@@]2(C)CCCC=C12. The molecule has 2 aliphatic carbocycles. The van der Waals surface area contributed by atoms with Crippen molar-refractivity contribution >= 4 is 0 Å². The summed E-state index contributed by atoms with van der Waals surface area (Å²) >= 11 is 0. The average molecular weight is 164 g/mol. The lowest BCUT2D eigenvalue weighted by atomic mass is 9.63. The summed E-state index contributed by atoms with van der Waals surface area (Å²) in [6, 6.07) is 0. The molecule has 2 rings (SSSR count). The Balaban J connectivity index is 2.27. The van der Waals surface area contributed by atoms with Crippen LogP contribution in [0.4, 0.5) is 0 Å². The van der Waals surface area contributed by atoms with Crippen LogP contribution in [0.3, 0.4) is 0 Å². The van der Waals surface area contributed by atoms with Gasteiger partial charge in [0, 0.05) is 0 Å². The van der Waals surface area contributed by atoms with Crippen LogP contribution < -0.4 is 0 Å². The molecular formula is C12H20. The quantitative estimate of drug-likeness (QED) is 0.476. The molecule has 0 N–H and O–H groups in total. The van der Waals surface area contributed by atoms with E-state index in [1.54, 1.807) is 5.57 Å². The minimum absolute atomic E-state index is 0.607. The van der Waals surface area contributed by atoms with Gasteiger partial charge >= 0.3 is 0 Å². The van der Waals surface area contributed by atoms with Crippen molar-refractivity contribution in [3.63, 3.8) is 0 Å². The van der Waals surface area contributed by atoms with E-state index < -0.39 is 0 Å². The molecule has 0 aliphatic heterocycles. The highest BCUT2D eigenvalue weighted by Gasteiger charge is 2.35. The third-order valence-electron chi connectivity index (χ3n) is 3.89. The molecule has 2 aliphatic rings. The van der Waals surface area contributed by atoms with Gasteiger partial charge in [-0.3, -0.25) is 0 Å². The van der Waals surface area contributed by atoms with Gasteiger partial charge in [0.25, 0.3) is 0 Å². The smallest absolute Gasteiger partial charge is 0.0114 e. The maximum atomic E-state index is 2.54. The fraction of sp³-hybridized carbons (Fsp3) is 0.833. The normalized spacial score (nSPS) is 41.8. The molecule has 0 bridgehead atoms. The van der Waals surface area contributed by atoms with E-state index in [0.29, 0.717) is 5.41 Å². The van der Waals surface area contributed by atoms with Crippen molar-refractivity contribution in [1.29, 1.82) is 0 Å². The topological polar surface area (TPSA) is 0 Å². The van der Waals surface area contributed by atoms with E-state index in [1.807, 2.05) is 0 Å². The van der Waals surface area contributed by atoms with Crippen molar-refractivity contribution < 1.29 is 0 Å². The first-order chi connectivity index (χ1) is 5.72. The molecule has 1 saturated carbocycles. The van der Waals surface area contributed by atoms with Gasteiger partial charge in [-0.1, -0.05) is 31.9 Å². The summed E-state index contributed by atoms with van der Waals surface area (Å²) in [5.74, 6) is 0.879. The molecule has 0 aromatic rings. The number of allylic oxidation sites excluding steroid dienone is 2. The lowest BCUT2D eigenvalue weighted by molar-refractivity contribution is 0.229. The molecule has 0 nitrogen and oxygen atoms in total. The summed E-state index contributed by atoms with van der Waals surface area (Å²) in [7, 11) is 0. The van der Waals surface area contributed by atoms with Crippen LogP contribution in [0.15, 0.2) is 11.6 Å². The van der Waals surface area contributed by atoms with Crippen molar-refractivity contribution in [3.8, 4) is 0 Å². The second kappa shape index (κ2) is 2.90. The highest BCUT2D eigenvalue weighted by Crippen LogP contribution is 2.49. The van der Waals surface area contributed by atoms with Gasteiger partial charge in [-0.05, 0) is 43.4 Å². The van der Waals surface area contributed by atoms with Gasteiger partial charge in [-0.25, -0.2) is 0 Å². The van der Waals surface area contributed by atoms with E-state index in [2.05, 4.69) is 19.9 Å². The molecule has 0 heteroatoms. The van der Waals surface area contributed by atoms with Gasteiger partial charge in [-0.2, -0.15) is 0 Å². The summed E-state index contributed by atoms with van der Waals surface area (Å²) in [5.41, 5.74) is 2.40. The van der Waals surface area contributed by atoms with Crippen LogP contribution >= 0.6 is 0 Å². The Bertz CT molecular complexity index is 202. The Morgan fingerprint density at radius 1 is 1.33 bits per heavy atom. The van der Waals surface area contributed by atoms with E-state index >= 15 is 0 Å². The minimum Gasteiger partial charge on any atom is -0.0845 e. The maximum Gasteiger partial charge on any atom is -0.0114 e. The molecule has 0 radical (unpaired) electrons. The number of hydrogen-bond donors (Lipinski definition) is 0. The first kappa shape index (κ1) is 8.34. The molecule has 1 fully saturated rings. The zero-order valence-electron chi connectivity index (χ0n) is 8.40. The molecule has 0 unspecified atom stereocenters. The van der Waals surface area contributed by atoms with E-state index in [4.69, 9.17) is 0 Å². The minimum atomic E-state index is 0.607. The standard InChI is InChI=1S/C12H20/c1-10-6-5-9-12(2)8-4-3-7-11(10)12/h7,10H,3-6,8-9H2,1-2H3/t10-,12-/m1/s1. The summed E-state index contributed by atoms with van der Waals surface area (Å²) < 4.78 is 0. The molecule has 2 atom stereocenters. The zero-order valence-corrected chi connectivity index (χ0v) is 8.40. The molecule has 0 heterocycles. The number of rotatable bonds is 0. The van der Waals surface area contributed by atoms with Crippen LogP contribution in [0.1, 0.15) is 52.4 Å². The lowest BCUT2D eigenvalue weighted by Gasteiger charge is -2.42. The third-order valence-corrected chi connectivity index (χ3v) is 3.89. The fourth-order valence-electron chi connectivity index (χ4n) is 3.16. The lowest BCUT2D eigenvalue weighted by Crippen LogP contribution is -2.29. The Hall–Kier alpha value is -0.260. The van der Waals surface area contributed by atoms with E-state index in [-0.39, 0.29) is 0 Å². The van der Waals surface area contributed by atoms with Crippen LogP contribution in [0, 0.1) is 11.3 Å². The molecule has 68 valence electrons. The highest BCUT2D eigenvalue weighted by molar-refractivity contribution is 5.20. The zero-order chi connectivity index (χ0) is 8.60. The van der Waals surface area contributed by atoms with E-state index in [1.165, 1.54) is 38.5 Å². The summed E-state index contributed by atoms with van der Waals surface area (Å²) in [6.45, 7) is 4.89. The van der Waals surface area contributed by atoms with Crippen molar-refractivity contribution in [2.75, 3.05) is 0 Å². The Morgan fingerprint density at radius 2 is 2.08 bits per heavy atom. The van der Waals surface area contributed by atoms with Crippen molar-refractivity contribution in [2.45, 2.75) is 52.4 Å². The maximum absolute atomic E-state index is 2.54. The van der Waals surface area contributed by atoms with Crippen molar-refractivity contribution in [3.05, 3.63) is 11.6 Å². The Kier molecular flexibility index (Phi) is 2.02. The van der Waals surface area contributed by atoms with Gasteiger partial charge in [0.05, 0.1) is 0 Å². The molecule has 0 spiro atoms. The van der Waals surface area contributed by atoms with E-state index in [9.17, 15) is 0 Å². The van der Waals surface area contributed by atoms with Crippen molar-refractivity contribution in [2.24, 2.45) is 11.3 Å². The van der Waals surface area contributed by atoms with Gasteiger partial charge in [-0.15, -0.1) is 0 Å². The van der Waals surface area contributed by atoms with Crippen LogP contribution in [-0.2, 0) is 0 Å². The van der Waals surface area contributed by atoms with E-state index in [0.717, 1.165) is 5.92 Å². The average Bonchev–Trinajstić information content (AvgIpc) is 2.04. The second-order valence-electron chi connectivity index (χ2n) is 4.91. The van der Waals surface area contributed by atoms with Crippen molar-refractivity contribution in [1.82, 2.24) is 0 Å². The first-order valence-electron chi connectivity index (χ1n) is 5.43. The first-order valence-corrected chi connectivity index (χ1v) is 5.43. The predicted octanol–water partition coefficient (Wildman–Crippen LogP) is 3.92. The molecule has 0 amide bonds. The Morgan fingerprint density at radius 3 is 2.83 bits per heavy atom. The number of hydrogen-bond acceptors (Lipinski definition) is 0. The van der Waals surface area contributed by atoms with Gasteiger partial charge in [0.2, 0.25) is 0 Å². The number of fused-ring (bicyclic) bond motifs is 1. The molecule has 0 aromatic heterocycles. The summed E-state index contributed by atoms with van der Waals surface area (Å²) in [5, 5.41) is 0. The Labute approximate surface area is 76.1 Å². The van der Waals surface area contributed by atoms with Crippen LogP contribution in [0.2, 0.25) is 0 Å². The van der Waals surface area contributed by atoms with Crippen LogP contribution in [0.25, 0.3) is 0 Å². The summed E-state index contributed by atoms with van der Waals surface area (Å²) in [4.78, 5) is 0. The van der Waals surface area contributed by atoms with Gasteiger partial charge in [0.15, 0.2) is 0 Å². The van der Waals surface area contributed by atoms with Crippen LogP contribution in [0.5, 0.6) is 0 Å². The van der Waals surface area contributed by atoms with Gasteiger partial charge in [0.1, 0.15) is 0 Å². The summed E-state index contributed by atoms with van der Waals surface area (Å²) in [6.07, 6.45) is 11.1. The largest absolute Gasteiger partial charge is 0.0845 e. The predicted molar refractivity (Wildman–Crippen MR) is 53.1 cm³/mol. The molecular weight excluding hydrogens is 144 g/mol. The second-order valence-corrected chi connectivity index (χ2v) is 4.91. The fourth-order valence-corrected chi connectivity index (χ4v) is 3.16.